The lowest BCUT2D eigenvalue weighted by atomic mass is 10.1. The monoisotopic (exact) mass is 264 g/mol. The summed E-state index contributed by atoms with van der Waals surface area (Å²) in [6, 6.07) is 0. The zero-order chi connectivity index (χ0) is 14.0. The Morgan fingerprint density at radius 3 is 1.67 bits per heavy atom. The summed E-state index contributed by atoms with van der Waals surface area (Å²) in [5.74, 6) is -2.11. The molecular formula is C10H16O8. The van der Waals surface area contributed by atoms with E-state index >= 15 is 0 Å². The Kier molecular flexibility index (Phi) is 7.84. The van der Waals surface area contributed by atoms with Crippen LogP contribution in [0, 0.1) is 0 Å². The standard InChI is InChI=1S/C10H16O8/c11-5-10(16,6-17-3-1-8(12)13)7-18-4-2-9(14)15/h5,16H,1-4,6-7H2,(H,12,13)(H,14,15). The van der Waals surface area contributed by atoms with Gasteiger partial charge >= 0.3 is 11.9 Å². The molecule has 0 rings (SSSR count). The van der Waals surface area contributed by atoms with E-state index in [1.54, 1.807) is 0 Å². The summed E-state index contributed by atoms with van der Waals surface area (Å²) in [4.78, 5) is 31.0. The van der Waals surface area contributed by atoms with Crippen molar-refractivity contribution >= 4 is 18.2 Å². The molecule has 0 spiro atoms. The van der Waals surface area contributed by atoms with Gasteiger partial charge in [-0.25, -0.2) is 0 Å². The highest BCUT2D eigenvalue weighted by Crippen LogP contribution is 2.04. The molecule has 0 aromatic heterocycles. The van der Waals surface area contributed by atoms with Gasteiger partial charge in [-0.3, -0.25) is 14.4 Å². The molecule has 0 saturated heterocycles. The molecule has 8 nitrogen and oxygen atoms in total. The Morgan fingerprint density at radius 1 is 1.00 bits per heavy atom. The van der Waals surface area contributed by atoms with Crippen LogP contribution in [0.5, 0.6) is 0 Å². The van der Waals surface area contributed by atoms with Crippen molar-refractivity contribution in [1.29, 1.82) is 0 Å². The number of aldehydes is 1. The molecular weight excluding hydrogens is 248 g/mol. The number of hydrogen-bond acceptors (Lipinski definition) is 6. The highest BCUT2D eigenvalue weighted by molar-refractivity contribution is 5.67. The molecule has 0 radical (unpaired) electrons. The van der Waals surface area contributed by atoms with Crippen LogP contribution in [-0.4, -0.2) is 65.6 Å². The maximum absolute atomic E-state index is 10.6. The highest BCUT2D eigenvalue weighted by atomic mass is 16.5. The van der Waals surface area contributed by atoms with E-state index in [1.807, 2.05) is 0 Å². The normalized spacial score (nSPS) is 11.2. The van der Waals surface area contributed by atoms with Gasteiger partial charge in [0.25, 0.3) is 0 Å². The first-order valence-corrected chi connectivity index (χ1v) is 5.17. The number of carboxylic acid groups (broad SMARTS) is 2. The molecule has 18 heavy (non-hydrogen) atoms. The van der Waals surface area contributed by atoms with Crippen LogP contribution in [0.3, 0.4) is 0 Å². The van der Waals surface area contributed by atoms with E-state index < -0.39 is 30.8 Å². The third kappa shape index (κ3) is 8.62. The average Bonchev–Trinajstić information content (AvgIpc) is 2.30. The minimum absolute atomic E-state index is 0.138. The summed E-state index contributed by atoms with van der Waals surface area (Å²) in [7, 11) is 0. The molecule has 0 aliphatic rings. The molecule has 0 unspecified atom stereocenters. The second kappa shape index (κ2) is 8.56. The smallest absolute Gasteiger partial charge is 0.305 e. The minimum atomic E-state index is -1.89. The highest BCUT2D eigenvalue weighted by Gasteiger charge is 2.27. The Bertz CT molecular complexity index is 266. The third-order valence-electron chi connectivity index (χ3n) is 1.84. The number of carboxylic acids is 2. The number of ether oxygens (including phenoxy) is 2. The number of rotatable bonds is 11. The molecule has 0 saturated carbocycles. The van der Waals surface area contributed by atoms with Gasteiger partial charge in [0.1, 0.15) is 0 Å². The quantitative estimate of drug-likeness (QED) is 0.316. The molecule has 0 aromatic rings. The molecule has 0 aliphatic carbocycles. The van der Waals surface area contributed by atoms with Crippen molar-refractivity contribution in [2.45, 2.75) is 18.4 Å². The largest absolute Gasteiger partial charge is 0.481 e. The van der Waals surface area contributed by atoms with Crippen LogP contribution < -0.4 is 0 Å². The first-order chi connectivity index (χ1) is 8.39. The van der Waals surface area contributed by atoms with Gasteiger partial charge < -0.3 is 24.8 Å². The Balaban J connectivity index is 3.83. The summed E-state index contributed by atoms with van der Waals surface area (Å²) < 4.78 is 9.64. The van der Waals surface area contributed by atoms with E-state index in [0.29, 0.717) is 0 Å². The van der Waals surface area contributed by atoms with Crippen LogP contribution in [0.1, 0.15) is 12.8 Å². The van der Waals surface area contributed by atoms with E-state index in [1.165, 1.54) is 0 Å². The summed E-state index contributed by atoms with van der Waals surface area (Å²) >= 11 is 0. The van der Waals surface area contributed by atoms with Gasteiger partial charge in [-0.05, 0) is 0 Å². The minimum Gasteiger partial charge on any atom is -0.481 e. The number of hydrogen-bond donors (Lipinski definition) is 3. The summed E-state index contributed by atoms with van der Waals surface area (Å²) in [6.45, 7) is -1.09. The fourth-order valence-electron chi connectivity index (χ4n) is 0.926. The molecule has 0 aliphatic heterocycles. The van der Waals surface area contributed by atoms with Crippen LogP contribution in [0.25, 0.3) is 0 Å². The van der Waals surface area contributed by atoms with E-state index in [2.05, 4.69) is 0 Å². The zero-order valence-electron chi connectivity index (χ0n) is 9.70. The molecule has 104 valence electrons. The molecule has 0 heterocycles. The SMILES string of the molecule is O=CC(O)(COCCC(=O)O)COCCC(=O)O. The molecule has 0 aromatic carbocycles. The first kappa shape index (κ1) is 16.5. The van der Waals surface area contributed by atoms with Crippen molar-refractivity contribution in [2.75, 3.05) is 26.4 Å². The van der Waals surface area contributed by atoms with Crippen LogP contribution in [0.15, 0.2) is 0 Å². The second-order valence-corrected chi connectivity index (χ2v) is 3.61. The summed E-state index contributed by atoms with van der Waals surface area (Å²) in [6.07, 6.45) is -0.266. The van der Waals surface area contributed by atoms with Crippen molar-refractivity contribution in [1.82, 2.24) is 0 Å². The van der Waals surface area contributed by atoms with Gasteiger partial charge in [0.05, 0.1) is 39.3 Å². The van der Waals surface area contributed by atoms with Gasteiger partial charge in [-0.15, -0.1) is 0 Å². The van der Waals surface area contributed by atoms with E-state index in [4.69, 9.17) is 19.7 Å². The Labute approximate surface area is 103 Å². The van der Waals surface area contributed by atoms with Crippen molar-refractivity contribution in [3.8, 4) is 0 Å². The Morgan fingerprint density at radius 2 is 1.39 bits per heavy atom. The predicted molar refractivity (Wildman–Crippen MR) is 57.2 cm³/mol. The second-order valence-electron chi connectivity index (χ2n) is 3.61. The number of carbonyl (C=O) groups is 3. The van der Waals surface area contributed by atoms with Gasteiger partial charge in [0, 0.05) is 0 Å². The lowest BCUT2D eigenvalue weighted by Crippen LogP contribution is -2.41. The number of carbonyl (C=O) groups excluding carboxylic acids is 1. The lowest BCUT2D eigenvalue weighted by Gasteiger charge is -2.21. The molecule has 0 fully saturated rings. The van der Waals surface area contributed by atoms with Crippen molar-refractivity contribution in [3.63, 3.8) is 0 Å². The molecule has 0 amide bonds. The first-order valence-electron chi connectivity index (χ1n) is 5.17. The summed E-state index contributed by atoms with van der Waals surface area (Å²) in [5.41, 5.74) is -1.89. The van der Waals surface area contributed by atoms with E-state index in [9.17, 15) is 19.5 Å². The van der Waals surface area contributed by atoms with Gasteiger partial charge in [-0.2, -0.15) is 0 Å². The fraction of sp³-hybridized carbons (Fsp3) is 0.700. The van der Waals surface area contributed by atoms with Crippen molar-refractivity contribution < 1.29 is 39.2 Å². The number of aliphatic hydroxyl groups is 1. The maximum atomic E-state index is 10.6. The predicted octanol–water partition coefficient (Wildman–Crippen LogP) is -1.10. The summed E-state index contributed by atoms with van der Waals surface area (Å²) in [5, 5.41) is 26.3. The van der Waals surface area contributed by atoms with Crippen molar-refractivity contribution in [2.24, 2.45) is 0 Å². The third-order valence-corrected chi connectivity index (χ3v) is 1.84. The van der Waals surface area contributed by atoms with Crippen LogP contribution in [0.2, 0.25) is 0 Å². The van der Waals surface area contributed by atoms with E-state index in [-0.39, 0.29) is 32.3 Å². The topological polar surface area (TPSA) is 130 Å². The van der Waals surface area contributed by atoms with E-state index in [0.717, 1.165) is 0 Å². The molecule has 0 atom stereocenters. The van der Waals surface area contributed by atoms with Crippen LogP contribution in [0.4, 0.5) is 0 Å². The number of aliphatic carboxylic acids is 2. The molecule has 0 bridgehead atoms. The average molecular weight is 264 g/mol. The van der Waals surface area contributed by atoms with Gasteiger partial charge in [-0.1, -0.05) is 0 Å². The van der Waals surface area contributed by atoms with Gasteiger partial charge in [0.15, 0.2) is 11.9 Å². The van der Waals surface area contributed by atoms with Gasteiger partial charge in [0.2, 0.25) is 0 Å². The van der Waals surface area contributed by atoms with Crippen LogP contribution >= 0.6 is 0 Å². The lowest BCUT2D eigenvalue weighted by molar-refractivity contribution is -0.145. The maximum Gasteiger partial charge on any atom is 0.305 e. The fourth-order valence-corrected chi connectivity index (χ4v) is 0.926. The van der Waals surface area contributed by atoms with Crippen molar-refractivity contribution in [3.05, 3.63) is 0 Å². The molecule has 3 N–H and O–H groups in total. The Hall–Kier alpha value is -1.51. The van der Waals surface area contributed by atoms with Crippen LogP contribution in [-0.2, 0) is 23.9 Å². The zero-order valence-corrected chi connectivity index (χ0v) is 9.70. The molecule has 8 heteroatoms.